The van der Waals surface area contributed by atoms with Crippen LogP contribution in [0, 0.1) is 5.82 Å². The fourth-order valence-corrected chi connectivity index (χ4v) is 2.53. The number of nitrogens with zero attached hydrogens (tertiary/aromatic N) is 3. The van der Waals surface area contributed by atoms with Crippen molar-refractivity contribution < 1.29 is 4.39 Å². The van der Waals surface area contributed by atoms with Crippen LogP contribution in [-0.4, -0.2) is 20.0 Å². The van der Waals surface area contributed by atoms with Gasteiger partial charge in [0, 0.05) is 5.92 Å². The van der Waals surface area contributed by atoms with Crippen LogP contribution in [0.2, 0.25) is 0 Å². The number of nitrogens with two attached hydrogens (primary N) is 1. The van der Waals surface area contributed by atoms with Crippen molar-refractivity contribution in [2.24, 2.45) is 0 Å². The average molecular weight is 271 g/mol. The zero-order valence-corrected chi connectivity index (χ0v) is 10.8. The lowest BCUT2D eigenvalue weighted by Gasteiger charge is -2.02. The van der Waals surface area contributed by atoms with Crippen molar-refractivity contribution in [1.82, 2.24) is 20.0 Å². The molecule has 1 aromatic carbocycles. The minimum Gasteiger partial charge on any atom is -0.383 e. The molecule has 0 aliphatic heterocycles. The molecule has 3 N–H and O–H groups in total. The predicted octanol–water partition coefficient (Wildman–Crippen LogP) is 2.41. The van der Waals surface area contributed by atoms with E-state index in [1.165, 1.54) is 12.1 Å². The van der Waals surface area contributed by atoms with Crippen LogP contribution in [-0.2, 0) is 6.54 Å². The lowest BCUT2D eigenvalue weighted by molar-refractivity contribution is 0.624. The van der Waals surface area contributed by atoms with Crippen molar-refractivity contribution in [1.29, 1.82) is 0 Å². The van der Waals surface area contributed by atoms with E-state index >= 15 is 0 Å². The monoisotopic (exact) mass is 271 g/mol. The van der Waals surface area contributed by atoms with Gasteiger partial charge in [-0.25, -0.2) is 9.07 Å². The van der Waals surface area contributed by atoms with Crippen LogP contribution in [0.15, 0.2) is 24.3 Å². The molecular weight excluding hydrogens is 257 g/mol. The second kappa shape index (κ2) is 4.06. The number of anilines is 1. The third kappa shape index (κ3) is 1.76. The first kappa shape index (κ1) is 11.5. The first-order chi connectivity index (χ1) is 9.72. The van der Waals surface area contributed by atoms with Gasteiger partial charge in [0.2, 0.25) is 0 Å². The second-order valence-electron chi connectivity index (χ2n) is 5.28. The lowest BCUT2D eigenvalue weighted by atomic mass is 10.2. The summed E-state index contributed by atoms with van der Waals surface area (Å²) in [6.07, 6.45) is 2.32. The number of benzene rings is 1. The normalized spacial score (nSPS) is 15.1. The van der Waals surface area contributed by atoms with Crippen molar-refractivity contribution in [2.75, 3.05) is 5.73 Å². The van der Waals surface area contributed by atoms with Crippen molar-refractivity contribution in [3.8, 4) is 0 Å². The number of hydrogen-bond donors (Lipinski definition) is 2. The number of aromatic amines is 1. The van der Waals surface area contributed by atoms with Crippen molar-refractivity contribution in [2.45, 2.75) is 25.3 Å². The SMILES string of the molecule is Nc1[nH]nc2c1c(C1CC1)nn2Cc1ccc(F)cc1. The second-order valence-corrected chi connectivity index (χ2v) is 5.28. The third-order valence-electron chi connectivity index (χ3n) is 3.71. The zero-order chi connectivity index (χ0) is 13.7. The van der Waals surface area contributed by atoms with Crippen LogP contribution in [0.1, 0.15) is 30.0 Å². The Bertz CT molecular complexity index is 767. The third-order valence-corrected chi connectivity index (χ3v) is 3.71. The molecule has 5 nitrogen and oxygen atoms in total. The molecular formula is C14H14FN5. The summed E-state index contributed by atoms with van der Waals surface area (Å²) in [5.74, 6) is 0.848. The van der Waals surface area contributed by atoms with E-state index in [1.54, 1.807) is 12.1 Å². The molecule has 1 aliphatic rings. The Morgan fingerprint density at radius 3 is 2.75 bits per heavy atom. The molecule has 4 rings (SSSR count). The van der Waals surface area contributed by atoms with E-state index in [1.807, 2.05) is 4.68 Å². The summed E-state index contributed by atoms with van der Waals surface area (Å²) in [5, 5.41) is 12.7. The fourth-order valence-electron chi connectivity index (χ4n) is 2.53. The maximum absolute atomic E-state index is 12.9. The number of nitrogen functional groups attached to an aromatic ring is 1. The molecule has 20 heavy (non-hydrogen) atoms. The van der Waals surface area contributed by atoms with E-state index in [0.717, 1.165) is 35.1 Å². The zero-order valence-electron chi connectivity index (χ0n) is 10.8. The molecule has 1 aliphatic carbocycles. The van der Waals surface area contributed by atoms with Gasteiger partial charge in [0.15, 0.2) is 5.65 Å². The van der Waals surface area contributed by atoms with Gasteiger partial charge < -0.3 is 5.73 Å². The molecule has 0 unspecified atom stereocenters. The molecule has 0 bridgehead atoms. The fraction of sp³-hybridized carbons (Fsp3) is 0.286. The van der Waals surface area contributed by atoms with Gasteiger partial charge in [0.05, 0.1) is 17.6 Å². The highest BCUT2D eigenvalue weighted by Crippen LogP contribution is 2.43. The van der Waals surface area contributed by atoms with Crippen LogP contribution >= 0.6 is 0 Å². The molecule has 0 atom stereocenters. The van der Waals surface area contributed by atoms with Gasteiger partial charge in [-0.05, 0) is 30.5 Å². The van der Waals surface area contributed by atoms with Gasteiger partial charge in [-0.3, -0.25) is 5.10 Å². The Morgan fingerprint density at radius 1 is 1.30 bits per heavy atom. The molecule has 0 amide bonds. The van der Waals surface area contributed by atoms with Crippen molar-refractivity contribution in [3.63, 3.8) is 0 Å². The standard InChI is InChI=1S/C14H14FN5/c15-10-5-1-8(2-6-10)7-20-14-11(13(16)17-18-14)12(19-20)9-3-4-9/h1-2,5-6,9H,3-4,7H2,(H3,16,17,18). The van der Waals surface area contributed by atoms with Gasteiger partial charge in [0.1, 0.15) is 11.6 Å². The van der Waals surface area contributed by atoms with Gasteiger partial charge in [0.25, 0.3) is 0 Å². The van der Waals surface area contributed by atoms with Crippen molar-refractivity contribution in [3.05, 3.63) is 41.3 Å². The number of halogens is 1. The smallest absolute Gasteiger partial charge is 0.182 e. The van der Waals surface area contributed by atoms with Crippen LogP contribution in [0.25, 0.3) is 11.0 Å². The number of aromatic nitrogens is 4. The van der Waals surface area contributed by atoms with Crippen LogP contribution in [0.3, 0.4) is 0 Å². The predicted molar refractivity (Wildman–Crippen MR) is 73.8 cm³/mol. The highest BCUT2D eigenvalue weighted by atomic mass is 19.1. The Labute approximate surface area is 114 Å². The molecule has 2 aromatic heterocycles. The molecule has 0 spiro atoms. The van der Waals surface area contributed by atoms with Crippen LogP contribution in [0.4, 0.5) is 10.2 Å². The Kier molecular flexibility index (Phi) is 2.33. The molecule has 2 heterocycles. The summed E-state index contributed by atoms with van der Waals surface area (Å²) in [7, 11) is 0. The first-order valence-corrected chi connectivity index (χ1v) is 6.67. The Balaban J connectivity index is 1.77. The Morgan fingerprint density at radius 2 is 2.05 bits per heavy atom. The van der Waals surface area contributed by atoms with Crippen LogP contribution < -0.4 is 5.73 Å². The minimum atomic E-state index is -0.234. The molecule has 0 radical (unpaired) electrons. The van der Waals surface area contributed by atoms with E-state index in [2.05, 4.69) is 15.3 Å². The maximum atomic E-state index is 12.9. The van der Waals surface area contributed by atoms with Gasteiger partial charge in [-0.1, -0.05) is 12.1 Å². The number of nitrogens with one attached hydrogen (secondary N) is 1. The number of hydrogen-bond acceptors (Lipinski definition) is 3. The van der Waals surface area contributed by atoms with Gasteiger partial charge in [-0.2, -0.15) is 10.2 Å². The largest absolute Gasteiger partial charge is 0.383 e. The van der Waals surface area contributed by atoms with Gasteiger partial charge >= 0.3 is 0 Å². The number of H-pyrrole nitrogens is 1. The highest BCUT2D eigenvalue weighted by Gasteiger charge is 2.31. The minimum absolute atomic E-state index is 0.234. The number of rotatable bonds is 3. The summed E-state index contributed by atoms with van der Waals surface area (Å²) in [4.78, 5) is 0. The summed E-state index contributed by atoms with van der Waals surface area (Å²) in [6, 6.07) is 6.43. The van der Waals surface area contributed by atoms with E-state index in [4.69, 9.17) is 5.73 Å². The van der Waals surface area contributed by atoms with Crippen molar-refractivity contribution >= 4 is 16.9 Å². The van der Waals surface area contributed by atoms with Gasteiger partial charge in [-0.15, -0.1) is 0 Å². The summed E-state index contributed by atoms with van der Waals surface area (Å²) >= 11 is 0. The summed E-state index contributed by atoms with van der Waals surface area (Å²) < 4.78 is 14.8. The molecule has 6 heteroatoms. The van der Waals surface area contributed by atoms with E-state index in [9.17, 15) is 4.39 Å². The number of fused-ring (bicyclic) bond motifs is 1. The summed E-state index contributed by atoms with van der Waals surface area (Å²) in [5.41, 5.74) is 8.74. The summed E-state index contributed by atoms with van der Waals surface area (Å²) in [6.45, 7) is 0.563. The van der Waals surface area contributed by atoms with E-state index in [-0.39, 0.29) is 5.82 Å². The Hall–Kier alpha value is -2.37. The van der Waals surface area contributed by atoms with E-state index < -0.39 is 0 Å². The first-order valence-electron chi connectivity index (χ1n) is 6.67. The van der Waals surface area contributed by atoms with Crippen LogP contribution in [0.5, 0.6) is 0 Å². The molecule has 3 aromatic rings. The maximum Gasteiger partial charge on any atom is 0.182 e. The molecule has 1 saturated carbocycles. The molecule has 102 valence electrons. The highest BCUT2D eigenvalue weighted by molar-refractivity contribution is 5.89. The molecule has 1 fully saturated rings. The lowest BCUT2D eigenvalue weighted by Crippen LogP contribution is -2.03. The van der Waals surface area contributed by atoms with E-state index in [0.29, 0.717) is 18.3 Å². The quantitative estimate of drug-likeness (QED) is 0.768. The molecule has 0 saturated heterocycles. The topological polar surface area (TPSA) is 72.5 Å². The average Bonchev–Trinajstić information content (AvgIpc) is 3.12.